The number of para-hydroxylation sites is 1. The molecule has 2 fully saturated rings. The molecule has 10 heteroatoms. The highest BCUT2D eigenvalue weighted by Gasteiger charge is 2.47. The van der Waals surface area contributed by atoms with Crippen LogP contribution in [0, 0.1) is 11.7 Å². The van der Waals surface area contributed by atoms with Crippen molar-refractivity contribution in [2.45, 2.75) is 31.3 Å². The first kappa shape index (κ1) is 23.8. The predicted molar refractivity (Wildman–Crippen MR) is 129 cm³/mol. The number of rotatable bonds is 5. The number of pyridine rings is 1. The van der Waals surface area contributed by atoms with Gasteiger partial charge in [0.2, 0.25) is 5.56 Å². The number of hydrogen-bond donors (Lipinski definition) is 1. The van der Waals surface area contributed by atoms with E-state index in [0.29, 0.717) is 29.7 Å². The SMILES string of the molecule is Cl.Cn1cc(N2C[C@]3(CC[C@@H](CNc4ccn(-c5ccccc5F)n4)CC3)OC2=O)ccc1=O. The van der Waals surface area contributed by atoms with Gasteiger partial charge < -0.3 is 14.6 Å². The van der Waals surface area contributed by atoms with Gasteiger partial charge in [-0.3, -0.25) is 9.69 Å². The van der Waals surface area contributed by atoms with Crippen molar-refractivity contribution in [1.29, 1.82) is 0 Å². The topological polar surface area (TPSA) is 81.4 Å². The van der Waals surface area contributed by atoms with Crippen LogP contribution < -0.4 is 15.8 Å². The van der Waals surface area contributed by atoms with Gasteiger partial charge in [-0.25, -0.2) is 13.9 Å². The molecule has 1 saturated carbocycles. The van der Waals surface area contributed by atoms with Gasteiger partial charge in [0.1, 0.15) is 22.9 Å². The first-order chi connectivity index (χ1) is 15.9. The average molecular weight is 488 g/mol. The number of halogens is 2. The van der Waals surface area contributed by atoms with E-state index in [1.165, 1.54) is 21.4 Å². The van der Waals surface area contributed by atoms with Gasteiger partial charge >= 0.3 is 6.09 Å². The van der Waals surface area contributed by atoms with Crippen LogP contribution in [0.15, 0.2) is 59.7 Å². The highest BCUT2D eigenvalue weighted by atomic mass is 35.5. The van der Waals surface area contributed by atoms with E-state index in [-0.39, 0.29) is 29.9 Å². The van der Waals surface area contributed by atoms with E-state index in [0.717, 1.165) is 32.2 Å². The second-order valence-corrected chi connectivity index (χ2v) is 8.89. The van der Waals surface area contributed by atoms with Gasteiger partial charge in [-0.2, -0.15) is 5.10 Å². The molecule has 1 spiro atoms. The first-order valence-corrected chi connectivity index (χ1v) is 11.1. The molecule has 34 heavy (non-hydrogen) atoms. The molecule has 3 aromatic rings. The minimum Gasteiger partial charge on any atom is -0.441 e. The molecule has 0 radical (unpaired) electrons. The fourth-order valence-corrected chi connectivity index (χ4v) is 4.67. The zero-order valence-corrected chi connectivity index (χ0v) is 19.6. The molecule has 1 aliphatic heterocycles. The maximum Gasteiger partial charge on any atom is 0.415 e. The molecule has 180 valence electrons. The number of nitrogens with one attached hydrogen (secondary N) is 1. The second-order valence-electron chi connectivity index (χ2n) is 8.89. The van der Waals surface area contributed by atoms with E-state index in [1.54, 1.807) is 48.6 Å². The number of aryl methyl sites for hydroxylation is 1. The Labute approximate surface area is 202 Å². The lowest BCUT2D eigenvalue weighted by Gasteiger charge is -2.35. The maximum atomic E-state index is 14.0. The van der Waals surface area contributed by atoms with E-state index in [2.05, 4.69) is 10.4 Å². The standard InChI is InChI=1S/C24H26FN5O3.ClH/c1-28-15-18(6-7-22(28)31)29-16-24(33-23(29)32)11-8-17(9-12-24)14-26-21-10-13-30(27-21)20-5-3-2-4-19(20)25;/h2-7,10,13,15,17H,8-9,11-12,14,16H2,1H3,(H,26,27);1H/t17-,24-;. The summed E-state index contributed by atoms with van der Waals surface area (Å²) < 4.78 is 22.8. The highest BCUT2D eigenvalue weighted by molar-refractivity contribution is 5.90. The smallest absolute Gasteiger partial charge is 0.415 e. The minimum atomic E-state index is -0.477. The summed E-state index contributed by atoms with van der Waals surface area (Å²) in [7, 11) is 1.67. The fourth-order valence-electron chi connectivity index (χ4n) is 4.67. The van der Waals surface area contributed by atoms with Crippen LogP contribution in [0.3, 0.4) is 0 Å². The quantitative estimate of drug-likeness (QED) is 0.585. The fraction of sp³-hybridized carbons (Fsp3) is 0.375. The molecular formula is C24H27ClFN5O3. The van der Waals surface area contributed by atoms with Crippen molar-refractivity contribution in [2.75, 3.05) is 23.3 Å². The van der Waals surface area contributed by atoms with Gasteiger partial charge in [0, 0.05) is 38.1 Å². The normalized spacial score (nSPS) is 21.9. The zero-order chi connectivity index (χ0) is 23.0. The van der Waals surface area contributed by atoms with Crippen LogP contribution in [0.2, 0.25) is 0 Å². The van der Waals surface area contributed by atoms with Crippen LogP contribution in [0.4, 0.5) is 20.7 Å². The summed E-state index contributed by atoms with van der Waals surface area (Å²) in [5.41, 5.74) is 0.492. The van der Waals surface area contributed by atoms with Crippen LogP contribution >= 0.6 is 12.4 Å². The minimum absolute atomic E-state index is 0. The Morgan fingerprint density at radius 1 is 1.15 bits per heavy atom. The number of benzene rings is 1. The Kier molecular flexibility index (Phi) is 6.65. The summed E-state index contributed by atoms with van der Waals surface area (Å²) in [6.07, 6.45) is 6.48. The molecule has 0 bridgehead atoms. The Bertz CT molecular complexity index is 1240. The molecule has 0 atom stereocenters. The molecule has 3 heterocycles. The lowest BCUT2D eigenvalue weighted by atomic mass is 9.78. The summed E-state index contributed by atoms with van der Waals surface area (Å²) in [6.45, 7) is 1.25. The summed E-state index contributed by atoms with van der Waals surface area (Å²) in [6, 6.07) is 11.5. The summed E-state index contributed by atoms with van der Waals surface area (Å²) in [4.78, 5) is 25.8. The molecule has 1 aromatic carbocycles. The van der Waals surface area contributed by atoms with Gasteiger partial charge in [-0.05, 0) is 49.8 Å². The van der Waals surface area contributed by atoms with E-state index < -0.39 is 5.60 Å². The molecule has 1 N–H and O–H groups in total. The predicted octanol–water partition coefficient (Wildman–Crippen LogP) is 4.13. The number of anilines is 2. The summed E-state index contributed by atoms with van der Waals surface area (Å²) in [5, 5.41) is 7.78. The molecule has 1 aliphatic carbocycles. The largest absolute Gasteiger partial charge is 0.441 e. The molecule has 2 aliphatic rings. The van der Waals surface area contributed by atoms with Crippen molar-refractivity contribution in [3.8, 4) is 5.69 Å². The first-order valence-electron chi connectivity index (χ1n) is 11.1. The Morgan fingerprint density at radius 3 is 2.65 bits per heavy atom. The number of aromatic nitrogens is 3. The third-order valence-corrected chi connectivity index (χ3v) is 6.63. The highest BCUT2D eigenvalue weighted by Crippen LogP contribution is 2.40. The lowest BCUT2D eigenvalue weighted by molar-refractivity contribution is 0.0148. The Hall–Kier alpha value is -3.33. The molecule has 2 aromatic heterocycles. The summed E-state index contributed by atoms with van der Waals surface area (Å²) in [5.74, 6) is 0.814. The van der Waals surface area contributed by atoms with Crippen LogP contribution in [-0.2, 0) is 11.8 Å². The van der Waals surface area contributed by atoms with Crippen molar-refractivity contribution in [3.63, 3.8) is 0 Å². The number of amides is 1. The zero-order valence-electron chi connectivity index (χ0n) is 18.8. The number of carbonyl (C=O) groups is 1. The second kappa shape index (κ2) is 9.50. The lowest BCUT2D eigenvalue weighted by Crippen LogP contribution is -2.39. The molecule has 5 rings (SSSR count). The number of carbonyl (C=O) groups excluding carboxylic acids is 1. The Balaban J connectivity index is 0.00000274. The van der Waals surface area contributed by atoms with Crippen LogP contribution in [0.25, 0.3) is 5.69 Å². The van der Waals surface area contributed by atoms with Crippen molar-refractivity contribution in [1.82, 2.24) is 14.3 Å². The van der Waals surface area contributed by atoms with Gasteiger partial charge in [-0.15, -0.1) is 12.4 Å². The monoisotopic (exact) mass is 487 g/mol. The molecular weight excluding hydrogens is 461 g/mol. The van der Waals surface area contributed by atoms with Crippen LogP contribution in [0.5, 0.6) is 0 Å². The van der Waals surface area contributed by atoms with Gasteiger partial charge in [0.05, 0.1) is 12.2 Å². The van der Waals surface area contributed by atoms with Gasteiger partial charge in [-0.1, -0.05) is 12.1 Å². The van der Waals surface area contributed by atoms with Crippen molar-refractivity contribution >= 4 is 30.0 Å². The third kappa shape index (κ3) is 4.65. The van der Waals surface area contributed by atoms with Crippen LogP contribution in [0.1, 0.15) is 25.7 Å². The number of ether oxygens (including phenoxy) is 1. The van der Waals surface area contributed by atoms with Crippen molar-refractivity contribution in [2.24, 2.45) is 13.0 Å². The van der Waals surface area contributed by atoms with E-state index in [4.69, 9.17) is 4.74 Å². The van der Waals surface area contributed by atoms with E-state index >= 15 is 0 Å². The van der Waals surface area contributed by atoms with Crippen molar-refractivity contribution in [3.05, 3.63) is 71.0 Å². The molecule has 1 amide bonds. The number of hydrogen-bond acceptors (Lipinski definition) is 5. The van der Waals surface area contributed by atoms with Gasteiger partial charge in [0.25, 0.3) is 0 Å². The van der Waals surface area contributed by atoms with Crippen molar-refractivity contribution < 1.29 is 13.9 Å². The molecule has 8 nitrogen and oxygen atoms in total. The molecule has 1 saturated heterocycles. The van der Waals surface area contributed by atoms with Gasteiger partial charge in [0.15, 0.2) is 0 Å². The molecule has 0 unspecified atom stereocenters. The average Bonchev–Trinajstić information content (AvgIpc) is 3.40. The third-order valence-electron chi connectivity index (χ3n) is 6.63. The maximum absolute atomic E-state index is 14.0. The van der Waals surface area contributed by atoms with E-state index in [1.807, 2.05) is 6.07 Å². The Morgan fingerprint density at radius 2 is 1.91 bits per heavy atom. The number of nitrogens with zero attached hydrogens (tertiary/aromatic N) is 4. The summed E-state index contributed by atoms with van der Waals surface area (Å²) >= 11 is 0. The van der Waals surface area contributed by atoms with E-state index in [9.17, 15) is 14.0 Å². The van der Waals surface area contributed by atoms with Crippen LogP contribution in [-0.4, -0.2) is 39.1 Å².